The highest BCUT2D eigenvalue weighted by atomic mass is 35.5. The Morgan fingerprint density at radius 1 is 1.26 bits per heavy atom. The molecule has 0 saturated heterocycles. The Hall–Kier alpha value is -1.81. The van der Waals surface area contributed by atoms with Crippen LogP contribution in [0.2, 0.25) is 5.02 Å². The number of halogens is 1. The normalized spacial score (nSPS) is 14.4. The smallest absolute Gasteiger partial charge is 0.219 e. The van der Waals surface area contributed by atoms with Crippen molar-refractivity contribution in [2.45, 2.75) is 25.4 Å². The molecule has 98 valence electrons. The van der Waals surface area contributed by atoms with E-state index < -0.39 is 0 Å². The summed E-state index contributed by atoms with van der Waals surface area (Å²) in [5, 5.41) is 0.687. The summed E-state index contributed by atoms with van der Waals surface area (Å²) >= 11 is 6.08. The molecule has 0 unspecified atom stereocenters. The van der Waals surface area contributed by atoms with Crippen LogP contribution in [0, 0.1) is 0 Å². The van der Waals surface area contributed by atoms with Gasteiger partial charge in [-0.25, -0.2) is 4.98 Å². The highest BCUT2D eigenvalue weighted by Gasteiger charge is 2.27. The van der Waals surface area contributed by atoms with E-state index in [0.29, 0.717) is 29.2 Å². The summed E-state index contributed by atoms with van der Waals surface area (Å²) in [5.41, 5.74) is 6.69. The van der Waals surface area contributed by atoms with Crippen molar-refractivity contribution in [1.82, 2.24) is 9.97 Å². The van der Waals surface area contributed by atoms with Gasteiger partial charge in [-0.3, -0.25) is 0 Å². The van der Waals surface area contributed by atoms with E-state index in [2.05, 4.69) is 9.97 Å². The number of hydrogen-bond acceptors (Lipinski definition) is 4. The first-order valence-corrected chi connectivity index (χ1v) is 6.61. The van der Waals surface area contributed by atoms with Gasteiger partial charge in [0.1, 0.15) is 18.2 Å². The van der Waals surface area contributed by atoms with Crippen molar-refractivity contribution in [3.8, 4) is 5.88 Å². The molecular formula is C14H14ClN3O. The molecule has 4 nitrogen and oxygen atoms in total. The van der Waals surface area contributed by atoms with E-state index in [1.165, 1.54) is 0 Å². The molecule has 1 heterocycles. The second kappa shape index (κ2) is 5.05. The highest BCUT2D eigenvalue weighted by molar-refractivity contribution is 6.31. The number of nitrogens with two attached hydrogens (primary N) is 1. The molecule has 0 atom stereocenters. The molecule has 0 aliphatic heterocycles. The van der Waals surface area contributed by atoms with Crippen molar-refractivity contribution in [3.05, 3.63) is 46.7 Å². The maximum absolute atomic E-state index is 6.08. The maximum atomic E-state index is 6.08. The third-order valence-electron chi connectivity index (χ3n) is 3.02. The van der Waals surface area contributed by atoms with Crippen molar-refractivity contribution in [1.29, 1.82) is 0 Å². The van der Waals surface area contributed by atoms with E-state index in [9.17, 15) is 0 Å². The third kappa shape index (κ3) is 2.96. The lowest BCUT2D eigenvalue weighted by Crippen LogP contribution is -2.03. The van der Waals surface area contributed by atoms with Crippen molar-refractivity contribution in [2.75, 3.05) is 5.73 Å². The number of benzene rings is 1. The number of rotatable bonds is 4. The summed E-state index contributed by atoms with van der Waals surface area (Å²) in [7, 11) is 0. The number of nitrogen functional groups attached to an aromatic ring is 1. The van der Waals surface area contributed by atoms with Crippen LogP contribution in [-0.4, -0.2) is 9.97 Å². The Morgan fingerprint density at radius 3 is 2.79 bits per heavy atom. The van der Waals surface area contributed by atoms with Crippen LogP contribution in [0.5, 0.6) is 5.88 Å². The van der Waals surface area contributed by atoms with Gasteiger partial charge in [0.15, 0.2) is 0 Å². The van der Waals surface area contributed by atoms with Gasteiger partial charge in [-0.2, -0.15) is 4.98 Å². The molecule has 19 heavy (non-hydrogen) atoms. The van der Waals surface area contributed by atoms with Crippen molar-refractivity contribution in [2.24, 2.45) is 0 Å². The van der Waals surface area contributed by atoms with Gasteiger partial charge in [-0.05, 0) is 18.9 Å². The molecule has 1 aliphatic carbocycles. The standard InChI is InChI=1S/C14H14ClN3O/c15-11-4-2-1-3-10(11)8-19-13-7-12(16)17-14(18-13)9-5-6-9/h1-4,7,9H,5-6,8H2,(H2,16,17,18). The molecule has 1 aliphatic rings. The van der Waals surface area contributed by atoms with E-state index in [-0.39, 0.29) is 0 Å². The first-order valence-electron chi connectivity index (χ1n) is 6.23. The summed E-state index contributed by atoms with van der Waals surface area (Å²) < 4.78 is 5.66. The number of nitrogens with zero attached hydrogens (tertiary/aromatic N) is 2. The monoisotopic (exact) mass is 275 g/mol. The zero-order chi connectivity index (χ0) is 13.2. The lowest BCUT2D eigenvalue weighted by atomic mass is 10.2. The predicted molar refractivity (Wildman–Crippen MR) is 74.2 cm³/mol. The van der Waals surface area contributed by atoms with E-state index in [1.807, 2.05) is 24.3 Å². The summed E-state index contributed by atoms with van der Waals surface area (Å²) in [6, 6.07) is 9.22. The molecule has 1 aromatic carbocycles. The summed E-state index contributed by atoms with van der Waals surface area (Å²) in [6.07, 6.45) is 2.26. The average Bonchev–Trinajstić information content (AvgIpc) is 3.21. The van der Waals surface area contributed by atoms with Gasteiger partial charge in [0.2, 0.25) is 5.88 Å². The minimum Gasteiger partial charge on any atom is -0.473 e. The molecule has 1 aromatic heterocycles. The molecular weight excluding hydrogens is 262 g/mol. The number of aromatic nitrogens is 2. The lowest BCUT2D eigenvalue weighted by Gasteiger charge is -2.08. The first-order chi connectivity index (χ1) is 9.22. The largest absolute Gasteiger partial charge is 0.473 e. The van der Waals surface area contributed by atoms with Crippen molar-refractivity contribution in [3.63, 3.8) is 0 Å². The van der Waals surface area contributed by atoms with Crippen molar-refractivity contribution < 1.29 is 4.74 Å². The Kier molecular flexibility index (Phi) is 3.25. The van der Waals surface area contributed by atoms with Gasteiger partial charge in [-0.15, -0.1) is 0 Å². The fourth-order valence-corrected chi connectivity index (χ4v) is 2.02. The molecule has 1 saturated carbocycles. The number of hydrogen-bond donors (Lipinski definition) is 1. The minimum atomic E-state index is 0.375. The summed E-state index contributed by atoms with van der Waals surface area (Å²) in [5.74, 6) is 2.20. The number of anilines is 1. The van der Waals surface area contributed by atoms with Crippen LogP contribution in [0.1, 0.15) is 30.1 Å². The van der Waals surface area contributed by atoms with Crippen LogP contribution < -0.4 is 10.5 Å². The van der Waals surface area contributed by atoms with Gasteiger partial charge in [-0.1, -0.05) is 29.8 Å². The van der Waals surface area contributed by atoms with E-state index >= 15 is 0 Å². The molecule has 1 fully saturated rings. The van der Waals surface area contributed by atoms with E-state index in [0.717, 1.165) is 24.2 Å². The fourth-order valence-electron chi connectivity index (χ4n) is 1.83. The van der Waals surface area contributed by atoms with Crippen LogP contribution in [-0.2, 0) is 6.61 Å². The van der Waals surface area contributed by atoms with E-state index in [1.54, 1.807) is 6.07 Å². The summed E-state index contributed by atoms with van der Waals surface area (Å²) in [6.45, 7) is 0.375. The Labute approximate surface area is 116 Å². The molecule has 2 aromatic rings. The Morgan fingerprint density at radius 2 is 2.05 bits per heavy atom. The second-order valence-electron chi connectivity index (χ2n) is 4.64. The molecule has 3 rings (SSSR count). The zero-order valence-electron chi connectivity index (χ0n) is 10.3. The third-order valence-corrected chi connectivity index (χ3v) is 3.38. The predicted octanol–water partition coefficient (Wildman–Crippen LogP) is 3.17. The van der Waals surface area contributed by atoms with Crippen LogP contribution in [0.4, 0.5) is 5.82 Å². The highest BCUT2D eigenvalue weighted by Crippen LogP contribution is 2.38. The van der Waals surface area contributed by atoms with Gasteiger partial charge in [0.25, 0.3) is 0 Å². The fraction of sp³-hybridized carbons (Fsp3) is 0.286. The lowest BCUT2D eigenvalue weighted by molar-refractivity contribution is 0.292. The quantitative estimate of drug-likeness (QED) is 0.931. The molecule has 5 heteroatoms. The average molecular weight is 276 g/mol. The maximum Gasteiger partial charge on any atom is 0.219 e. The Bertz CT molecular complexity index is 599. The van der Waals surface area contributed by atoms with Crippen LogP contribution >= 0.6 is 11.6 Å². The number of ether oxygens (including phenoxy) is 1. The molecule has 0 spiro atoms. The SMILES string of the molecule is Nc1cc(OCc2ccccc2Cl)nc(C2CC2)n1. The topological polar surface area (TPSA) is 61.0 Å². The molecule has 0 radical (unpaired) electrons. The van der Waals surface area contributed by atoms with Crippen LogP contribution in [0.3, 0.4) is 0 Å². The van der Waals surface area contributed by atoms with Gasteiger partial charge in [0, 0.05) is 22.6 Å². The van der Waals surface area contributed by atoms with Gasteiger partial charge >= 0.3 is 0 Å². The first kappa shape index (κ1) is 12.2. The van der Waals surface area contributed by atoms with E-state index in [4.69, 9.17) is 22.1 Å². The van der Waals surface area contributed by atoms with Crippen molar-refractivity contribution >= 4 is 17.4 Å². The van der Waals surface area contributed by atoms with Gasteiger partial charge < -0.3 is 10.5 Å². The van der Waals surface area contributed by atoms with Crippen LogP contribution in [0.25, 0.3) is 0 Å². The second-order valence-corrected chi connectivity index (χ2v) is 5.05. The molecule has 2 N–H and O–H groups in total. The zero-order valence-corrected chi connectivity index (χ0v) is 11.1. The Balaban J connectivity index is 1.74. The van der Waals surface area contributed by atoms with Crippen LogP contribution in [0.15, 0.2) is 30.3 Å². The molecule has 0 amide bonds. The summed E-state index contributed by atoms with van der Waals surface area (Å²) in [4.78, 5) is 8.61. The molecule has 0 bridgehead atoms. The minimum absolute atomic E-state index is 0.375. The van der Waals surface area contributed by atoms with Gasteiger partial charge in [0.05, 0.1) is 0 Å².